The van der Waals surface area contributed by atoms with E-state index in [4.69, 9.17) is 9.47 Å². The molecule has 1 aliphatic carbocycles. The number of esters is 1. The highest BCUT2D eigenvalue weighted by atomic mass is 32.2. The quantitative estimate of drug-likeness (QED) is 0.140. The number of hydrogen-bond acceptors (Lipinski definition) is 16. The molecule has 3 rings (SSSR count). The SMILES string of the molecule is C=C1OCCN1C.CC(C)=O.CC(C)C.CC1CC1.CC1CCOCC1.CC=NCC.CCC.CCC(=O)OC.CCNC(C)=O.CCOC.CCSC.CNC(=O)OC.COC.CSC.CSCC=O. The molecule has 0 unspecified atom stereocenters. The number of amides is 2. The van der Waals surface area contributed by atoms with Gasteiger partial charge < -0.3 is 53.5 Å². The second kappa shape index (κ2) is 104. The Morgan fingerprint density at radius 1 is 0.817 bits per heavy atom. The number of ketones is 1. The highest BCUT2D eigenvalue weighted by molar-refractivity contribution is 7.99. The van der Waals surface area contributed by atoms with Gasteiger partial charge in [0.25, 0.3) is 0 Å². The maximum Gasteiger partial charge on any atom is 0.406 e. The van der Waals surface area contributed by atoms with Gasteiger partial charge in [-0.3, -0.25) is 14.6 Å². The molecule has 0 radical (unpaired) electrons. The second-order valence-electron chi connectivity index (χ2n) is 15.1. The molecular weight excluding hydrogens is 965 g/mol. The molecular formula is C53H120N4O11S3. The van der Waals surface area contributed by atoms with Crippen molar-refractivity contribution in [1.82, 2.24) is 15.5 Å². The van der Waals surface area contributed by atoms with Crippen LogP contribution in [0.1, 0.15) is 149 Å². The minimum Gasteiger partial charge on any atom is -0.478 e. The van der Waals surface area contributed by atoms with Crippen molar-refractivity contribution in [3.05, 3.63) is 12.5 Å². The molecule has 2 amide bonds. The summed E-state index contributed by atoms with van der Waals surface area (Å²) in [7, 11) is 11.1. The molecule has 3 fully saturated rings. The van der Waals surface area contributed by atoms with E-state index in [0.29, 0.717) is 12.2 Å². The zero-order chi connectivity index (χ0) is 58.7. The van der Waals surface area contributed by atoms with Gasteiger partial charge in [0.15, 0.2) is 5.88 Å². The lowest BCUT2D eigenvalue weighted by molar-refractivity contribution is -0.140. The average molecular weight is 1090 g/mol. The van der Waals surface area contributed by atoms with E-state index >= 15 is 0 Å². The molecule has 2 N–H and O–H groups in total. The van der Waals surface area contributed by atoms with Crippen molar-refractivity contribution in [3.63, 3.8) is 0 Å². The first kappa shape index (κ1) is 97.8. The number of nitrogens with zero attached hydrogens (tertiary/aromatic N) is 2. The summed E-state index contributed by atoms with van der Waals surface area (Å²) in [5.41, 5.74) is 0. The van der Waals surface area contributed by atoms with Gasteiger partial charge in [0.1, 0.15) is 18.7 Å². The van der Waals surface area contributed by atoms with Crippen LogP contribution in [0.25, 0.3) is 0 Å². The van der Waals surface area contributed by atoms with Crippen LogP contribution in [0, 0.1) is 17.8 Å². The van der Waals surface area contributed by atoms with Crippen LogP contribution in [0.5, 0.6) is 0 Å². The van der Waals surface area contributed by atoms with Crippen LogP contribution in [0.4, 0.5) is 4.79 Å². The Morgan fingerprint density at radius 3 is 1.24 bits per heavy atom. The summed E-state index contributed by atoms with van der Waals surface area (Å²) in [6.45, 7) is 41.4. The minimum absolute atomic E-state index is 0.0394. The molecule has 2 heterocycles. The van der Waals surface area contributed by atoms with E-state index in [0.717, 1.165) is 76.0 Å². The molecule has 436 valence electrons. The molecule has 0 spiro atoms. The third-order valence-electron chi connectivity index (χ3n) is 6.01. The number of thioether (sulfide) groups is 3. The number of carbonyl (C=O) groups excluding carboxylic acids is 5. The van der Waals surface area contributed by atoms with Crippen molar-refractivity contribution in [2.45, 2.75) is 149 Å². The van der Waals surface area contributed by atoms with E-state index in [1.165, 1.54) is 91.7 Å². The van der Waals surface area contributed by atoms with Crippen LogP contribution in [-0.2, 0) is 47.6 Å². The highest BCUT2D eigenvalue weighted by Crippen LogP contribution is 2.26. The van der Waals surface area contributed by atoms with Gasteiger partial charge in [-0.25, -0.2) is 4.79 Å². The first-order valence-electron chi connectivity index (χ1n) is 24.6. The fraction of sp³-hybridized carbons (Fsp3) is 0.849. The van der Waals surface area contributed by atoms with Crippen LogP contribution < -0.4 is 10.6 Å². The van der Waals surface area contributed by atoms with E-state index in [9.17, 15) is 24.0 Å². The molecule has 0 bridgehead atoms. The standard InChI is InChI=1S/C6H12O.C5H9NO.C4H9NO.C4H9N.C4H8O2.C4H8.C4H10.C3H7NO2.C3H6OS.C3H8O.C3H6O.C3H8S.C3H8.C2H6O.C2H6S/c1-6-2-4-7-5-3-6;1-5-6(2)3-4-7-5;1-3-5-4(2)6;1-3-5-4-2;1-3-4(5)6-2;1-4-2-3-4;1-4(2)3;1-4-3(5)6-2;1-5-3-2-4;1-3-4-2;1-3(2)4;1-3-4-2;3*1-3-2/h6H,2-5H2,1H3;1,3-4H2,2H3;3H2,1-2H3,(H,5,6);3H,4H2,1-2H3;3H2,1-2H3;4H,2-3H2,1H3;4H,1-3H3;1-2H3,(H,4,5);2H,3H2,1H3;3H2,1-2H3;1-2H3;3H2,1-2H3;3H2,1-2H3;2*1-2H3. The number of hydrogen-bond donors (Lipinski definition) is 2. The number of likely N-dealkylation sites (N-methyl/N-ethyl adjacent to an activating group) is 1. The molecule has 15 nitrogen and oxygen atoms in total. The smallest absolute Gasteiger partial charge is 0.406 e. The van der Waals surface area contributed by atoms with E-state index < -0.39 is 6.09 Å². The summed E-state index contributed by atoms with van der Waals surface area (Å²) in [4.78, 5) is 54.4. The van der Waals surface area contributed by atoms with Gasteiger partial charge >= 0.3 is 12.1 Å². The number of ether oxygens (including phenoxy) is 6. The largest absolute Gasteiger partial charge is 0.478 e. The maximum absolute atomic E-state index is 9.96. The topological polar surface area (TPSA) is 180 Å². The Labute approximate surface area is 454 Å². The van der Waals surface area contributed by atoms with Crippen molar-refractivity contribution >= 4 is 71.5 Å². The van der Waals surface area contributed by atoms with Crippen molar-refractivity contribution in [2.24, 2.45) is 22.7 Å². The van der Waals surface area contributed by atoms with Crippen molar-refractivity contribution in [2.75, 3.05) is 132 Å². The van der Waals surface area contributed by atoms with Gasteiger partial charge in [-0.1, -0.05) is 81.6 Å². The van der Waals surface area contributed by atoms with Crippen LogP contribution in [0.3, 0.4) is 0 Å². The monoisotopic (exact) mass is 1080 g/mol. The first-order valence-corrected chi connectivity index (χ1v) is 29.1. The first-order chi connectivity index (χ1) is 33.3. The maximum atomic E-state index is 9.96. The molecule has 0 aromatic carbocycles. The number of aldehydes is 1. The predicted molar refractivity (Wildman–Crippen MR) is 319 cm³/mol. The van der Waals surface area contributed by atoms with Gasteiger partial charge in [0.05, 0.1) is 20.8 Å². The fourth-order valence-electron chi connectivity index (χ4n) is 2.26. The van der Waals surface area contributed by atoms with Gasteiger partial charge in [-0.05, 0) is 116 Å². The Balaban J connectivity index is -0.0000000530. The Bertz CT molecular complexity index is 946. The average Bonchev–Trinajstić information content (AvgIpc) is 4.03. The van der Waals surface area contributed by atoms with Crippen LogP contribution in [-0.4, -0.2) is 173 Å². The van der Waals surface area contributed by atoms with Crippen LogP contribution >= 0.6 is 35.3 Å². The molecule has 2 aliphatic heterocycles. The molecule has 3 aliphatic rings. The molecule has 0 aromatic heterocycles. The summed E-state index contributed by atoms with van der Waals surface area (Å²) in [6, 6.07) is 0. The van der Waals surface area contributed by atoms with E-state index in [2.05, 4.69) is 103 Å². The molecule has 18 heteroatoms. The molecule has 2 saturated heterocycles. The fourth-order valence-corrected chi connectivity index (χ4v) is 2.40. The number of Topliss-reactive ketones (excluding diaryl/α,β-unsaturated/α-hetero) is 1. The number of nitrogens with one attached hydrogen (secondary N) is 2. The Morgan fingerprint density at radius 2 is 1.20 bits per heavy atom. The number of carbonyl (C=O) groups is 5. The lowest BCUT2D eigenvalue weighted by atomic mass is 10.0. The second-order valence-corrected chi connectivity index (χ2v) is 18.0. The molecule has 1 saturated carbocycles. The van der Waals surface area contributed by atoms with Crippen LogP contribution in [0.15, 0.2) is 17.5 Å². The summed E-state index contributed by atoms with van der Waals surface area (Å²) in [6.07, 6.45) is 17.6. The number of alkyl carbamates (subject to hydrolysis) is 1. The molecule has 0 aromatic rings. The van der Waals surface area contributed by atoms with E-state index in [-0.39, 0.29) is 17.7 Å². The van der Waals surface area contributed by atoms with Crippen molar-refractivity contribution in [1.29, 1.82) is 0 Å². The molecule has 0 atom stereocenters. The summed E-state index contributed by atoms with van der Waals surface area (Å²) < 4.78 is 27.3. The zero-order valence-electron chi connectivity index (χ0n) is 51.3. The van der Waals surface area contributed by atoms with Crippen LogP contribution in [0.2, 0.25) is 0 Å². The summed E-state index contributed by atoms with van der Waals surface area (Å²) >= 11 is 5.14. The number of rotatable bonds is 7. The number of methoxy groups -OCH3 is 4. The lowest BCUT2D eigenvalue weighted by Crippen LogP contribution is -2.18. The lowest BCUT2D eigenvalue weighted by Gasteiger charge is -2.16. The molecule has 71 heavy (non-hydrogen) atoms. The van der Waals surface area contributed by atoms with Gasteiger partial charge in [-0.15, -0.1) is 0 Å². The normalized spacial score (nSPS) is 11.5. The van der Waals surface area contributed by atoms with Crippen molar-refractivity contribution < 1.29 is 52.4 Å². The highest BCUT2D eigenvalue weighted by Gasteiger charge is 2.12. The van der Waals surface area contributed by atoms with E-state index in [1.807, 2.05) is 70.2 Å². The van der Waals surface area contributed by atoms with Gasteiger partial charge in [0.2, 0.25) is 5.91 Å². The Kier molecular flexibility index (Phi) is 144. The minimum atomic E-state index is -0.407. The number of aliphatic imine (C=N–C) groups is 1. The third-order valence-corrected chi connectivity index (χ3v) is 7.05. The van der Waals surface area contributed by atoms with Gasteiger partial charge in [-0.2, -0.15) is 35.3 Å². The summed E-state index contributed by atoms with van der Waals surface area (Å²) in [5.74, 6) is 5.53. The Hall–Kier alpha value is -2.51. The van der Waals surface area contributed by atoms with Crippen molar-refractivity contribution in [3.8, 4) is 0 Å². The van der Waals surface area contributed by atoms with Gasteiger partial charge in [0, 0.05) is 87.4 Å². The summed E-state index contributed by atoms with van der Waals surface area (Å²) in [5, 5.41) is 4.82. The third kappa shape index (κ3) is 230. The zero-order valence-corrected chi connectivity index (χ0v) is 53.8. The van der Waals surface area contributed by atoms with E-state index in [1.54, 1.807) is 46.2 Å². The predicted octanol–water partition coefficient (Wildman–Crippen LogP) is 12.5.